The monoisotopic (exact) mass is 357 g/mol. The first-order valence-electron chi connectivity index (χ1n) is 8.60. The van der Waals surface area contributed by atoms with E-state index in [0.717, 1.165) is 22.6 Å². The maximum absolute atomic E-state index is 12.2. The number of rotatable bonds is 7. The summed E-state index contributed by atoms with van der Waals surface area (Å²) >= 11 is 0. The van der Waals surface area contributed by atoms with E-state index >= 15 is 0 Å². The van der Waals surface area contributed by atoms with E-state index < -0.39 is 0 Å². The summed E-state index contributed by atoms with van der Waals surface area (Å²) in [5, 5.41) is 10.1. The van der Waals surface area contributed by atoms with Gasteiger partial charge < -0.3 is 15.5 Å². The lowest BCUT2D eigenvalue weighted by Crippen LogP contribution is -2.27. The molecule has 1 aromatic carbocycles. The molecule has 26 heavy (non-hydrogen) atoms. The molecule has 2 rings (SSSR count). The second-order valence-electron chi connectivity index (χ2n) is 6.76. The number of aryl methyl sites for hydroxylation is 4. The van der Waals surface area contributed by atoms with Gasteiger partial charge in [-0.1, -0.05) is 0 Å². The number of hydrogen-bond acceptors (Lipinski definition) is 4. The SMILES string of the molecule is Cc1cc(C)n(CCC(=O)Nc2ccc(NC(=O)CN(C)C)c(C)c2)n1. The summed E-state index contributed by atoms with van der Waals surface area (Å²) in [5.74, 6) is -0.138. The normalized spacial score (nSPS) is 10.8. The van der Waals surface area contributed by atoms with Gasteiger partial charge in [0.1, 0.15) is 0 Å². The smallest absolute Gasteiger partial charge is 0.238 e. The van der Waals surface area contributed by atoms with Crippen molar-refractivity contribution in [3.05, 3.63) is 41.2 Å². The van der Waals surface area contributed by atoms with Crippen LogP contribution < -0.4 is 10.6 Å². The molecule has 7 heteroatoms. The van der Waals surface area contributed by atoms with Crippen LogP contribution in [0.25, 0.3) is 0 Å². The zero-order valence-electron chi connectivity index (χ0n) is 16.1. The van der Waals surface area contributed by atoms with Crippen LogP contribution in [-0.4, -0.2) is 47.1 Å². The van der Waals surface area contributed by atoms with Crippen molar-refractivity contribution in [3.8, 4) is 0 Å². The van der Waals surface area contributed by atoms with E-state index in [9.17, 15) is 9.59 Å². The number of benzene rings is 1. The summed E-state index contributed by atoms with van der Waals surface area (Å²) in [7, 11) is 3.69. The summed E-state index contributed by atoms with van der Waals surface area (Å²) in [4.78, 5) is 25.8. The van der Waals surface area contributed by atoms with Crippen molar-refractivity contribution < 1.29 is 9.59 Å². The van der Waals surface area contributed by atoms with Crippen LogP contribution in [0.3, 0.4) is 0 Å². The van der Waals surface area contributed by atoms with Gasteiger partial charge in [0.2, 0.25) is 11.8 Å². The second kappa shape index (κ2) is 8.62. The maximum atomic E-state index is 12.2. The number of nitrogens with one attached hydrogen (secondary N) is 2. The van der Waals surface area contributed by atoms with E-state index in [1.54, 1.807) is 12.1 Å². The Hall–Kier alpha value is -2.67. The molecule has 0 fully saturated rings. The van der Waals surface area contributed by atoms with Crippen LogP contribution in [0.1, 0.15) is 23.4 Å². The molecule has 0 bridgehead atoms. The molecule has 0 aliphatic heterocycles. The summed E-state index contributed by atoms with van der Waals surface area (Å²) in [6.07, 6.45) is 0.350. The number of anilines is 2. The largest absolute Gasteiger partial charge is 0.326 e. The highest BCUT2D eigenvalue weighted by Gasteiger charge is 2.09. The van der Waals surface area contributed by atoms with Gasteiger partial charge in [0, 0.05) is 30.0 Å². The maximum Gasteiger partial charge on any atom is 0.238 e. The highest BCUT2D eigenvalue weighted by Crippen LogP contribution is 2.20. The predicted octanol–water partition coefficient (Wildman–Crippen LogP) is 2.34. The minimum atomic E-state index is -0.0697. The molecule has 0 aliphatic carbocycles. The van der Waals surface area contributed by atoms with Crippen molar-refractivity contribution in [3.63, 3.8) is 0 Å². The molecule has 0 atom stereocenters. The minimum absolute atomic E-state index is 0.0682. The minimum Gasteiger partial charge on any atom is -0.326 e. The van der Waals surface area contributed by atoms with E-state index in [4.69, 9.17) is 0 Å². The molecule has 0 saturated carbocycles. The fourth-order valence-corrected chi connectivity index (χ4v) is 2.69. The molecule has 2 N–H and O–H groups in total. The van der Waals surface area contributed by atoms with Crippen LogP contribution in [0, 0.1) is 20.8 Å². The first kappa shape index (κ1) is 19.7. The third-order valence-electron chi connectivity index (χ3n) is 3.90. The molecule has 140 valence electrons. The Labute approximate surface area is 154 Å². The highest BCUT2D eigenvalue weighted by atomic mass is 16.2. The highest BCUT2D eigenvalue weighted by molar-refractivity contribution is 5.94. The predicted molar refractivity (Wildman–Crippen MR) is 103 cm³/mol. The Bertz CT molecular complexity index is 795. The van der Waals surface area contributed by atoms with Gasteiger partial charge in [0.15, 0.2) is 0 Å². The van der Waals surface area contributed by atoms with Crippen molar-refractivity contribution in [2.24, 2.45) is 0 Å². The van der Waals surface area contributed by atoms with Crippen molar-refractivity contribution in [1.82, 2.24) is 14.7 Å². The molecule has 2 amide bonds. The average molecular weight is 357 g/mol. The fraction of sp³-hybridized carbons (Fsp3) is 0.421. The van der Waals surface area contributed by atoms with Gasteiger partial charge in [-0.05, 0) is 64.7 Å². The number of aromatic nitrogens is 2. The molecule has 7 nitrogen and oxygen atoms in total. The van der Waals surface area contributed by atoms with Crippen LogP contribution in [0.15, 0.2) is 24.3 Å². The second-order valence-corrected chi connectivity index (χ2v) is 6.76. The van der Waals surface area contributed by atoms with Crippen molar-refractivity contribution in [2.75, 3.05) is 31.3 Å². The summed E-state index contributed by atoms with van der Waals surface area (Å²) in [6, 6.07) is 7.44. The standard InChI is InChI=1S/C19H27N5O2/c1-13-10-16(6-7-17(13)21-19(26)12-23(4)5)20-18(25)8-9-24-15(3)11-14(2)22-24/h6-7,10-11H,8-9,12H2,1-5H3,(H,20,25)(H,21,26). The van der Waals surface area contributed by atoms with Gasteiger partial charge >= 0.3 is 0 Å². The van der Waals surface area contributed by atoms with Crippen molar-refractivity contribution >= 4 is 23.2 Å². The van der Waals surface area contributed by atoms with Crippen LogP contribution in [0.2, 0.25) is 0 Å². The lowest BCUT2D eigenvalue weighted by atomic mass is 10.1. The summed E-state index contributed by atoms with van der Waals surface area (Å²) in [5.41, 5.74) is 4.35. The van der Waals surface area contributed by atoms with Gasteiger partial charge in [-0.25, -0.2) is 0 Å². The van der Waals surface area contributed by atoms with Gasteiger partial charge in [-0.3, -0.25) is 14.3 Å². The molecule has 2 aromatic rings. The Balaban J connectivity index is 1.91. The molecule has 0 spiro atoms. The number of amides is 2. The zero-order valence-corrected chi connectivity index (χ0v) is 16.1. The molecular weight excluding hydrogens is 330 g/mol. The number of nitrogens with zero attached hydrogens (tertiary/aromatic N) is 3. The topological polar surface area (TPSA) is 79.3 Å². The molecule has 0 radical (unpaired) electrons. The summed E-state index contributed by atoms with van der Waals surface area (Å²) in [6.45, 7) is 6.68. The number of likely N-dealkylation sites (N-methyl/N-ethyl adjacent to an activating group) is 1. The lowest BCUT2D eigenvalue weighted by molar-refractivity contribution is -0.117. The van der Waals surface area contributed by atoms with E-state index in [2.05, 4.69) is 15.7 Å². The third kappa shape index (κ3) is 5.70. The molecule has 0 unspecified atom stereocenters. The van der Waals surface area contributed by atoms with Crippen LogP contribution >= 0.6 is 0 Å². The zero-order chi connectivity index (χ0) is 19.3. The Morgan fingerprint density at radius 3 is 2.38 bits per heavy atom. The number of carbonyl (C=O) groups excluding carboxylic acids is 2. The van der Waals surface area contributed by atoms with Crippen LogP contribution in [0.4, 0.5) is 11.4 Å². The van der Waals surface area contributed by atoms with Gasteiger partial charge in [0.25, 0.3) is 0 Å². The average Bonchev–Trinajstić information content (AvgIpc) is 2.85. The number of hydrogen-bond donors (Lipinski definition) is 2. The Morgan fingerprint density at radius 2 is 1.81 bits per heavy atom. The van der Waals surface area contributed by atoms with Crippen LogP contribution in [-0.2, 0) is 16.1 Å². The van der Waals surface area contributed by atoms with Gasteiger partial charge in [0.05, 0.1) is 12.2 Å². The molecule has 1 aromatic heterocycles. The van der Waals surface area contributed by atoms with E-state index in [0.29, 0.717) is 25.2 Å². The molecule has 1 heterocycles. The lowest BCUT2D eigenvalue weighted by Gasteiger charge is -2.13. The Kier molecular flexibility index (Phi) is 6.52. The molecule has 0 aliphatic rings. The first-order chi connectivity index (χ1) is 12.2. The first-order valence-corrected chi connectivity index (χ1v) is 8.60. The van der Waals surface area contributed by atoms with Crippen molar-refractivity contribution in [1.29, 1.82) is 0 Å². The number of carbonyl (C=O) groups is 2. The Morgan fingerprint density at radius 1 is 1.08 bits per heavy atom. The van der Waals surface area contributed by atoms with E-state index in [1.807, 2.05) is 56.6 Å². The third-order valence-corrected chi connectivity index (χ3v) is 3.90. The van der Waals surface area contributed by atoms with Gasteiger partial charge in [-0.2, -0.15) is 5.10 Å². The van der Waals surface area contributed by atoms with Crippen molar-refractivity contribution in [2.45, 2.75) is 33.7 Å². The fourth-order valence-electron chi connectivity index (χ4n) is 2.69. The van der Waals surface area contributed by atoms with Crippen LogP contribution in [0.5, 0.6) is 0 Å². The van der Waals surface area contributed by atoms with E-state index in [-0.39, 0.29) is 11.8 Å². The van der Waals surface area contributed by atoms with E-state index in [1.165, 1.54) is 0 Å². The molecular formula is C19H27N5O2. The summed E-state index contributed by atoms with van der Waals surface area (Å²) < 4.78 is 1.84. The molecule has 0 saturated heterocycles. The quantitative estimate of drug-likeness (QED) is 0.797. The van der Waals surface area contributed by atoms with Gasteiger partial charge in [-0.15, -0.1) is 0 Å².